The van der Waals surface area contributed by atoms with Gasteiger partial charge >= 0.3 is 0 Å². The highest BCUT2D eigenvalue weighted by Crippen LogP contribution is 2.22. The molecule has 3 rings (SSSR count). The summed E-state index contributed by atoms with van der Waals surface area (Å²) in [4.78, 5) is 26.2. The molecule has 0 spiro atoms. The van der Waals surface area contributed by atoms with E-state index >= 15 is 0 Å². The molecule has 7 nitrogen and oxygen atoms in total. The number of aryl methyl sites for hydroxylation is 1. The van der Waals surface area contributed by atoms with Crippen molar-refractivity contribution in [3.8, 4) is 5.75 Å². The van der Waals surface area contributed by atoms with Gasteiger partial charge in [-0.25, -0.2) is 0 Å². The van der Waals surface area contributed by atoms with Crippen molar-refractivity contribution in [2.75, 3.05) is 19.0 Å². The molecule has 0 bridgehead atoms. The van der Waals surface area contributed by atoms with Gasteiger partial charge < -0.3 is 15.0 Å². The van der Waals surface area contributed by atoms with Crippen molar-refractivity contribution in [1.29, 1.82) is 0 Å². The highest BCUT2D eigenvalue weighted by molar-refractivity contribution is 5.96. The number of carbonyl (C=O) groups is 2. The van der Waals surface area contributed by atoms with Crippen LogP contribution in [0, 0.1) is 12.8 Å². The number of likely N-dealkylation sites (tertiary alicyclic amines) is 1. The normalized spacial score (nSPS) is 17.2. The van der Waals surface area contributed by atoms with Gasteiger partial charge in [-0.3, -0.25) is 14.7 Å². The summed E-state index contributed by atoms with van der Waals surface area (Å²) in [5.41, 5.74) is 1.88. The predicted octanol–water partition coefficient (Wildman–Crippen LogP) is 1.71. The van der Waals surface area contributed by atoms with Gasteiger partial charge in [0.05, 0.1) is 13.0 Å². The third-order valence-electron chi connectivity index (χ3n) is 4.07. The number of aromatic nitrogens is 2. The first-order valence-corrected chi connectivity index (χ1v) is 7.78. The molecule has 1 aromatic heterocycles. The Morgan fingerprint density at radius 1 is 1.42 bits per heavy atom. The van der Waals surface area contributed by atoms with Crippen LogP contribution in [0.25, 0.3) is 0 Å². The number of rotatable bonds is 5. The van der Waals surface area contributed by atoms with Crippen LogP contribution in [0.1, 0.15) is 17.7 Å². The zero-order valence-electron chi connectivity index (χ0n) is 13.7. The second-order valence-electron chi connectivity index (χ2n) is 5.95. The smallest absolute Gasteiger partial charge is 0.230 e. The number of ether oxygens (including phenoxy) is 1. The molecule has 1 fully saturated rings. The minimum Gasteiger partial charge on any atom is -0.497 e. The zero-order chi connectivity index (χ0) is 17.1. The largest absolute Gasteiger partial charge is 0.497 e. The number of anilines is 1. The van der Waals surface area contributed by atoms with Gasteiger partial charge in [-0.05, 0) is 24.6 Å². The van der Waals surface area contributed by atoms with E-state index in [0.717, 1.165) is 17.0 Å². The van der Waals surface area contributed by atoms with E-state index in [1.165, 1.54) is 0 Å². The summed E-state index contributed by atoms with van der Waals surface area (Å²) in [6, 6.07) is 9.32. The number of H-pyrrole nitrogens is 1. The van der Waals surface area contributed by atoms with Crippen molar-refractivity contribution in [2.45, 2.75) is 19.9 Å². The van der Waals surface area contributed by atoms with Crippen LogP contribution in [0.5, 0.6) is 5.75 Å². The number of benzene rings is 1. The number of hydrogen-bond acceptors (Lipinski definition) is 4. The fourth-order valence-electron chi connectivity index (χ4n) is 2.76. The molecule has 0 unspecified atom stereocenters. The van der Waals surface area contributed by atoms with Crippen LogP contribution in [-0.2, 0) is 16.1 Å². The standard InChI is InChI=1S/C17H20N4O3/c1-11-7-15(20-19-11)18-17(23)13-8-16(22)21(10-13)9-12-3-5-14(24-2)6-4-12/h3-7,13H,8-10H2,1-2H3,(H2,18,19,20,23)/t13-/m1/s1. The molecule has 1 aliphatic rings. The summed E-state index contributed by atoms with van der Waals surface area (Å²) in [5.74, 6) is 0.723. The van der Waals surface area contributed by atoms with Gasteiger partial charge in [0.25, 0.3) is 0 Å². The van der Waals surface area contributed by atoms with E-state index in [1.807, 2.05) is 31.2 Å². The lowest BCUT2D eigenvalue weighted by molar-refractivity contribution is -0.128. The Kier molecular flexibility index (Phi) is 4.50. The Bertz CT molecular complexity index is 739. The minimum atomic E-state index is -0.354. The molecular formula is C17H20N4O3. The van der Waals surface area contributed by atoms with Crippen LogP contribution in [0.4, 0.5) is 5.82 Å². The zero-order valence-corrected chi connectivity index (χ0v) is 13.7. The maximum atomic E-state index is 12.3. The summed E-state index contributed by atoms with van der Waals surface area (Å²) >= 11 is 0. The molecule has 2 amide bonds. The molecule has 1 saturated heterocycles. The first kappa shape index (κ1) is 16.0. The quantitative estimate of drug-likeness (QED) is 0.875. The summed E-state index contributed by atoms with van der Waals surface area (Å²) in [7, 11) is 1.61. The molecule has 1 aliphatic heterocycles. The average molecular weight is 328 g/mol. The van der Waals surface area contributed by atoms with Gasteiger partial charge in [-0.1, -0.05) is 12.1 Å². The lowest BCUT2D eigenvalue weighted by Crippen LogP contribution is -2.28. The molecule has 2 aromatic rings. The van der Waals surface area contributed by atoms with Gasteiger partial charge in [0.1, 0.15) is 5.75 Å². The molecule has 2 N–H and O–H groups in total. The van der Waals surface area contributed by atoms with E-state index in [4.69, 9.17) is 4.74 Å². The van der Waals surface area contributed by atoms with Gasteiger partial charge in [0, 0.05) is 31.3 Å². The molecule has 24 heavy (non-hydrogen) atoms. The van der Waals surface area contributed by atoms with Gasteiger partial charge in [-0.2, -0.15) is 5.10 Å². The number of carbonyl (C=O) groups excluding carboxylic acids is 2. The van der Waals surface area contributed by atoms with Crippen molar-refractivity contribution in [1.82, 2.24) is 15.1 Å². The SMILES string of the molecule is COc1ccc(CN2C[C@H](C(=O)Nc3cc(C)[nH]n3)CC2=O)cc1. The molecule has 126 valence electrons. The predicted molar refractivity (Wildman–Crippen MR) is 88.5 cm³/mol. The molecule has 0 aliphatic carbocycles. The summed E-state index contributed by atoms with van der Waals surface area (Å²) < 4.78 is 5.13. The first-order chi connectivity index (χ1) is 11.5. The molecule has 7 heteroatoms. The van der Waals surface area contributed by atoms with E-state index in [0.29, 0.717) is 18.9 Å². The molecular weight excluding hydrogens is 308 g/mol. The van der Waals surface area contributed by atoms with Crippen LogP contribution < -0.4 is 10.1 Å². The van der Waals surface area contributed by atoms with Crippen molar-refractivity contribution in [3.05, 3.63) is 41.6 Å². The monoisotopic (exact) mass is 328 g/mol. The van der Waals surface area contributed by atoms with Crippen LogP contribution >= 0.6 is 0 Å². The van der Waals surface area contributed by atoms with Crippen molar-refractivity contribution in [2.24, 2.45) is 5.92 Å². The summed E-state index contributed by atoms with van der Waals surface area (Å²) in [5, 5.41) is 9.50. The van der Waals surface area contributed by atoms with Gasteiger partial charge in [0.15, 0.2) is 5.82 Å². The van der Waals surface area contributed by atoms with Crippen LogP contribution in [0.15, 0.2) is 30.3 Å². The molecule has 0 radical (unpaired) electrons. The fraction of sp³-hybridized carbons (Fsp3) is 0.353. The summed E-state index contributed by atoms with van der Waals surface area (Å²) in [6.07, 6.45) is 0.228. The number of nitrogens with one attached hydrogen (secondary N) is 2. The molecule has 1 aromatic carbocycles. The highest BCUT2D eigenvalue weighted by Gasteiger charge is 2.34. The Labute approximate surface area is 140 Å². The van der Waals surface area contributed by atoms with E-state index in [2.05, 4.69) is 15.5 Å². The Morgan fingerprint density at radius 2 is 2.17 bits per heavy atom. The Morgan fingerprint density at radius 3 is 2.79 bits per heavy atom. The maximum Gasteiger partial charge on any atom is 0.230 e. The Balaban J connectivity index is 1.59. The van der Waals surface area contributed by atoms with E-state index in [1.54, 1.807) is 18.1 Å². The maximum absolute atomic E-state index is 12.3. The van der Waals surface area contributed by atoms with Crippen LogP contribution in [0.2, 0.25) is 0 Å². The van der Waals surface area contributed by atoms with Crippen molar-refractivity contribution < 1.29 is 14.3 Å². The average Bonchev–Trinajstić information content (AvgIpc) is 3.14. The number of amides is 2. The molecule has 0 saturated carbocycles. The van der Waals surface area contributed by atoms with Crippen molar-refractivity contribution in [3.63, 3.8) is 0 Å². The number of aromatic amines is 1. The summed E-state index contributed by atoms with van der Waals surface area (Å²) in [6.45, 7) is 2.77. The third kappa shape index (κ3) is 3.56. The van der Waals surface area contributed by atoms with Crippen molar-refractivity contribution >= 4 is 17.6 Å². The van der Waals surface area contributed by atoms with E-state index in [9.17, 15) is 9.59 Å². The lowest BCUT2D eigenvalue weighted by Gasteiger charge is -2.16. The van der Waals surface area contributed by atoms with Gasteiger partial charge in [-0.15, -0.1) is 0 Å². The molecule has 1 atom stereocenters. The fourth-order valence-corrected chi connectivity index (χ4v) is 2.76. The second-order valence-corrected chi connectivity index (χ2v) is 5.95. The first-order valence-electron chi connectivity index (χ1n) is 7.78. The second kappa shape index (κ2) is 6.74. The molecule has 2 heterocycles. The van der Waals surface area contributed by atoms with Gasteiger partial charge in [0.2, 0.25) is 11.8 Å². The topological polar surface area (TPSA) is 87.3 Å². The third-order valence-corrected chi connectivity index (χ3v) is 4.07. The van der Waals surface area contributed by atoms with E-state index < -0.39 is 0 Å². The van der Waals surface area contributed by atoms with Crippen LogP contribution in [0.3, 0.4) is 0 Å². The Hall–Kier alpha value is -2.83. The number of nitrogens with zero attached hydrogens (tertiary/aromatic N) is 2. The number of methoxy groups -OCH3 is 1. The highest BCUT2D eigenvalue weighted by atomic mass is 16.5. The minimum absolute atomic E-state index is 0.0100. The lowest BCUT2D eigenvalue weighted by atomic mass is 10.1. The van der Waals surface area contributed by atoms with E-state index in [-0.39, 0.29) is 24.2 Å². The number of hydrogen-bond donors (Lipinski definition) is 2. The van der Waals surface area contributed by atoms with Crippen LogP contribution in [-0.4, -0.2) is 40.6 Å².